The van der Waals surface area contributed by atoms with Crippen molar-refractivity contribution in [3.63, 3.8) is 0 Å². The lowest BCUT2D eigenvalue weighted by Gasteiger charge is -2.08. The minimum atomic E-state index is -0.0302. The van der Waals surface area contributed by atoms with Crippen LogP contribution in [-0.2, 0) is 17.8 Å². The van der Waals surface area contributed by atoms with Gasteiger partial charge in [0, 0.05) is 6.42 Å². The number of carbonyl (C=O) groups is 1. The summed E-state index contributed by atoms with van der Waals surface area (Å²) in [5.41, 5.74) is 2.72. The highest BCUT2D eigenvalue weighted by atomic mass is 35.5. The molecule has 0 aliphatic carbocycles. The number of carbonyl (C=O) groups excluding carboxylic acids is 1. The quantitative estimate of drug-likeness (QED) is 0.774. The van der Waals surface area contributed by atoms with Gasteiger partial charge >= 0.3 is 0 Å². The summed E-state index contributed by atoms with van der Waals surface area (Å²) in [6.07, 6.45) is 0.307. The maximum absolute atomic E-state index is 11.1. The number of alkyl halides is 1. The van der Waals surface area contributed by atoms with E-state index in [0.717, 1.165) is 16.7 Å². The Balaban J connectivity index is 2.96. The van der Waals surface area contributed by atoms with E-state index in [9.17, 15) is 4.79 Å². The Hall–Kier alpha value is -0.860. The van der Waals surface area contributed by atoms with Gasteiger partial charge in [-0.15, -0.1) is 11.6 Å². The highest BCUT2D eigenvalue weighted by Crippen LogP contribution is 2.15. The van der Waals surface area contributed by atoms with E-state index in [1.807, 2.05) is 25.1 Å². The van der Waals surface area contributed by atoms with Gasteiger partial charge in [-0.05, 0) is 23.6 Å². The fourth-order valence-electron chi connectivity index (χ4n) is 1.41. The van der Waals surface area contributed by atoms with E-state index in [2.05, 4.69) is 0 Å². The van der Waals surface area contributed by atoms with Crippen LogP contribution in [0.1, 0.15) is 16.7 Å². The summed E-state index contributed by atoms with van der Waals surface area (Å²) in [6, 6.07) is 5.65. The Bertz CT molecular complexity index is 334. The monoisotopic (exact) mass is 212 g/mol. The Morgan fingerprint density at radius 3 is 2.79 bits per heavy atom. The van der Waals surface area contributed by atoms with Gasteiger partial charge in [0.15, 0.2) is 5.78 Å². The molecule has 3 heteroatoms. The first-order valence-corrected chi connectivity index (χ1v) is 4.98. The highest BCUT2D eigenvalue weighted by molar-refractivity contribution is 6.27. The molecule has 1 N–H and O–H groups in total. The van der Waals surface area contributed by atoms with Crippen LogP contribution in [0.4, 0.5) is 0 Å². The van der Waals surface area contributed by atoms with Crippen LogP contribution >= 0.6 is 11.6 Å². The van der Waals surface area contributed by atoms with Gasteiger partial charge in [0.1, 0.15) is 0 Å². The van der Waals surface area contributed by atoms with Crippen LogP contribution in [0.2, 0.25) is 0 Å². The van der Waals surface area contributed by atoms with Gasteiger partial charge in [-0.25, -0.2) is 0 Å². The van der Waals surface area contributed by atoms with Crippen LogP contribution in [0.3, 0.4) is 0 Å². The maximum atomic E-state index is 11.1. The van der Waals surface area contributed by atoms with Gasteiger partial charge in [-0.3, -0.25) is 4.79 Å². The first-order valence-electron chi connectivity index (χ1n) is 4.45. The lowest BCUT2D eigenvalue weighted by molar-refractivity contribution is -0.116. The molecule has 0 fully saturated rings. The summed E-state index contributed by atoms with van der Waals surface area (Å²) >= 11 is 5.43. The minimum absolute atomic E-state index is 0.0213. The summed E-state index contributed by atoms with van der Waals surface area (Å²) in [6.45, 7) is 1.89. The molecule has 1 aromatic carbocycles. The van der Waals surface area contributed by atoms with Crippen LogP contribution in [0.15, 0.2) is 18.2 Å². The molecular weight excluding hydrogens is 200 g/mol. The van der Waals surface area contributed by atoms with Crippen molar-refractivity contribution in [1.29, 1.82) is 0 Å². The number of hydrogen-bond donors (Lipinski definition) is 1. The molecule has 0 aromatic heterocycles. The van der Waals surface area contributed by atoms with Gasteiger partial charge in [0.05, 0.1) is 12.5 Å². The third-order valence-electron chi connectivity index (χ3n) is 2.20. The number of ketones is 1. The van der Waals surface area contributed by atoms with Crippen molar-refractivity contribution in [2.75, 3.05) is 5.88 Å². The van der Waals surface area contributed by atoms with Crippen molar-refractivity contribution < 1.29 is 9.90 Å². The Labute approximate surface area is 88.5 Å². The van der Waals surface area contributed by atoms with Crippen molar-refractivity contribution in [1.82, 2.24) is 0 Å². The number of aryl methyl sites for hydroxylation is 1. The molecule has 2 nitrogen and oxygen atoms in total. The largest absolute Gasteiger partial charge is 0.392 e. The Morgan fingerprint density at radius 1 is 1.50 bits per heavy atom. The molecule has 0 heterocycles. The van der Waals surface area contributed by atoms with Crippen LogP contribution in [0.25, 0.3) is 0 Å². The van der Waals surface area contributed by atoms with Gasteiger partial charge in [-0.1, -0.05) is 18.2 Å². The second-order valence-corrected chi connectivity index (χ2v) is 3.49. The average molecular weight is 213 g/mol. The topological polar surface area (TPSA) is 37.3 Å². The number of halogens is 1. The van der Waals surface area contributed by atoms with E-state index < -0.39 is 0 Å². The molecule has 0 bridgehead atoms. The number of benzene rings is 1. The zero-order valence-electron chi connectivity index (χ0n) is 8.09. The standard InChI is InChI=1S/C11H13ClO2/c1-8-3-2-4-9(11(8)7-13)5-10(14)6-12/h2-4,13H,5-7H2,1H3. The molecule has 76 valence electrons. The number of aliphatic hydroxyl groups is 1. The van der Waals surface area contributed by atoms with Crippen LogP contribution < -0.4 is 0 Å². The van der Waals surface area contributed by atoms with E-state index in [4.69, 9.17) is 16.7 Å². The SMILES string of the molecule is Cc1cccc(CC(=O)CCl)c1CO. The molecule has 1 aromatic rings. The molecule has 0 amide bonds. The predicted octanol–water partition coefficient (Wildman–Crippen LogP) is 1.84. The molecular formula is C11H13ClO2. The second-order valence-electron chi connectivity index (χ2n) is 3.22. The van der Waals surface area contributed by atoms with Gasteiger partial charge < -0.3 is 5.11 Å². The third-order valence-corrected chi connectivity index (χ3v) is 2.50. The van der Waals surface area contributed by atoms with Crippen LogP contribution in [0.5, 0.6) is 0 Å². The molecule has 0 unspecified atom stereocenters. The van der Waals surface area contributed by atoms with Gasteiger partial charge in [0.25, 0.3) is 0 Å². The van der Waals surface area contributed by atoms with E-state index >= 15 is 0 Å². The average Bonchev–Trinajstić information content (AvgIpc) is 2.18. The molecule has 0 aliphatic rings. The fraction of sp³-hybridized carbons (Fsp3) is 0.364. The molecule has 0 atom stereocenters. The Kier molecular flexibility index (Phi) is 4.11. The molecule has 14 heavy (non-hydrogen) atoms. The number of hydrogen-bond acceptors (Lipinski definition) is 2. The first kappa shape index (κ1) is 11.2. The van der Waals surface area contributed by atoms with Crippen molar-refractivity contribution in [2.24, 2.45) is 0 Å². The normalized spacial score (nSPS) is 10.2. The number of rotatable bonds is 4. The summed E-state index contributed by atoms with van der Waals surface area (Å²) in [7, 11) is 0. The Morgan fingerprint density at radius 2 is 2.21 bits per heavy atom. The lowest BCUT2D eigenvalue weighted by Crippen LogP contribution is -2.07. The van der Waals surface area contributed by atoms with E-state index in [-0.39, 0.29) is 18.3 Å². The van der Waals surface area contributed by atoms with Crippen LogP contribution in [-0.4, -0.2) is 16.8 Å². The highest BCUT2D eigenvalue weighted by Gasteiger charge is 2.08. The molecule has 0 spiro atoms. The third kappa shape index (κ3) is 2.56. The van der Waals surface area contributed by atoms with Gasteiger partial charge in [-0.2, -0.15) is 0 Å². The van der Waals surface area contributed by atoms with Gasteiger partial charge in [0.2, 0.25) is 0 Å². The van der Waals surface area contributed by atoms with Crippen molar-refractivity contribution in [2.45, 2.75) is 20.0 Å². The summed E-state index contributed by atoms with van der Waals surface area (Å²) in [5, 5.41) is 9.14. The van der Waals surface area contributed by atoms with E-state index in [1.165, 1.54) is 0 Å². The molecule has 0 radical (unpaired) electrons. The maximum Gasteiger partial charge on any atom is 0.151 e. The molecule has 0 aliphatic heterocycles. The first-order chi connectivity index (χ1) is 6.69. The van der Waals surface area contributed by atoms with E-state index in [0.29, 0.717) is 6.42 Å². The van der Waals surface area contributed by atoms with E-state index in [1.54, 1.807) is 0 Å². The molecule has 0 saturated carbocycles. The lowest BCUT2D eigenvalue weighted by atomic mass is 9.99. The summed E-state index contributed by atoms with van der Waals surface area (Å²) in [4.78, 5) is 11.1. The smallest absolute Gasteiger partial charge is 0.151 e. The van der Waals surface area contributed by atoms with Crippen molar-refractivity contribution in [3.8, 4) is 0 Å². The predicted molar refractivity (Wildman–Crippen MR) is 56.5 cm³/mol. The summed E-state index contributed by atoms with van der Waals surface area (Å²) < 4.78 is 0. The number of aliphatic hydroxyl groups excluding tert-OH is 1. The minimum Gasteiger partial charge on any atom is -0.392 e. The van der Waals surface area contributed by atoms with Crippen LogP contribution in [0, 0.1) is 6.92 Å². The molecule has 0 saturated heterocycles. The summed E-state index contributed by atoms with van der Waals surface area (Å²) in [5.74, 6) is 0.00527. The zero-order chi connectivity index (χ0) is 10.6. The number of Topliss-reactive ketones (excluding diaryl/α,β-unsaturated/α-hetero) is 1. The fourth-order valence-corrected chi connectivity index (χ4v) is 1.51. The van der Waals surface area contributed by atoms with Crippen molar-refractivity contribution >= 4 is 17.4 Å². The molecule has 1 rings (SSSR count). The van der Waals surface area contributed by atoms with Crippen molar-refractivity contribution in [3.05, 3.63) is 34.9 Å². The second kappa shape index (κ2) is 5.13. The zero-order valence-corrected chi connectivity index (χ0v) is 8.84.